The molecule has 0 saturated heterocycles. The summed E-state index contributed by atoms with van der Waals surface area (Å²) < 4.78 is 14.0. The second kappa shape index (κ2) is 6.90. The van der Waals surface area contributed by atoms with E-state index < -0.39 is 17.9 Å². The molecule has 0 radical (unpaired) electrons. The van der Waals surface area contributed by atoms with Crippen LogP contribution in [0.3, 0.4) is 0 Å². The minimum atomic E-state index is -0.685. The van der Waals surface area contributed by atoms with Crippen molar-refractivity contribution in [2.75, 3.05) is 26.6 Å². The number of thiophene rings is 1. The number of ether oxygens (including phenoxy) is 3. The van der Waals surface area contributed by atoms with E-state index in [1.165, 1.54) is 14.2 Å². The summed E-state index contributed by atoms with van der Waals surface area (Å²) in [6, 6.07) is 0. The Labute approximate surface area is 119 Å². The third-order valence-corrected chi connectivity index (χ3v) is 3.47. The van der Waals surface area contributed by atoms with Crippen LogP contribution in [0, 0.1) is 0 Å². The molecule has 1 rings (SSSR count). The summed E-state index contributed by atoms with van der Waals surface area (Å²) in [5.41, 5.74) is 5.93. The first-order valence-electron chi connectivity index (χ1n) is 5.69. The quantitative estimate of drug-likeness (QED) is 0.639. The molecule has 0 aromatic carbocycles. The lowest BCUT2D eigenvalue weighted by Crippen LogP contribution is -2.14. The van der Waals surface area contributed by atoms with Gasteiger partial charge in [-0.3, -0.25) is 4.79 Å². The molecule has 0 unspecified atom stereocenters. The lowest BCUT2D eigenvalue weighted by molar-refractivity contribution is -0.139. The Morgan fingerprint density at radius 3 is 2.30 bits per heavy atom. The third kappa shape index (κ3) is 3.27. The zero-order valence-corrected chi connectivity index (χ0v) is 12.2. The lowest BCUT2D eigenvalue weighted by Gasteiger charge is -2.06. The molecule has 0 spiro atoms. The summed E-state index contributed by atoms with van der Waals surface area (Å²) >= 11 is 0.875. The van der Waals surface area contributed by atoms with Crippen LogP contribution in [0.5, 0.6) is 0 Å². The van der Waals surface area contributed by atoms with Crippen LogP contribution < -0.4 is 5.73 Å². The fraction of sp³-hybridized carbons (Fsp3) is 0.417. The summed E-state index contributed by atoms with van der Waals surface area (Å²) in [6.45, 7) is 1.79. The number of esters is 3. The number of nitrogen functional groups attached to an aromatic ring is 1. The maximum atomic E-state index is 11.9. The molecule has 8 heteroatoms. The van der Waals surface area contributed by atoms with Crippen LogP contribution in [0.15, 0.2) is 0 Å². The number of methoxy groups -OCH3 is 2. The first-order chi connectivity index (χ1) is 9.46. The van der Waals surface area contributed by atoms with Crippen LogP contribution >= 0.6 is 11.3 Å². The minimum absolute atomic E-state index is 0.0163. The van der Waals surface area contributed by atoms with Crippen molar-refractivity contribution in [3.05, 3.63) is 16.0 Å². The van der Waals surface area contributed by atoms with E-state index >= 15 is 0 Å². The van der Waals surface area contributed by atoms with Crippen molar-refractivity contribution in [2.45, 2.75) is 13.3 Å². The van der Waals surface area contributed by atoms with Gasteiger partial charge in [0.2, 0.25) is 0 Å². The maximum absolute atomic E-state index is 11.9. The number of nitrogens with two attached hydrogens (primary N) is 1. The van der Waals surface area contributed by atoms with E-state index in [0.29, 0.717) is 0 Å². The van der Waals surface area contributed by atoms with Crippen molar-refractivity contribution in [1.29, 1.82) is 0 Å². The van der Waals surface area contributed by atoms with Gasteiger partial charge in [-0.15, -0.1) is 11.3 Å². The van der Waals surface area contributed by atoms with Crippen LogP contribution in [0.1, 0.15) is 32.5 Å². The van der Waals surface area contributed by atoms with E-state index in [1.807, 2.05) is 0 Å². The Bertz CT molecular complexity index is 536. The Kier molecular flexibility index (Phi) is 5.51. The van der Waals surface area contributed by atoms with E-state index in [0.717, 1.165) is 11.3 Å². The van der Waals surface area contributed by atoms with E-state index in [-0.39, 0.29) is 34.0 Å². The van der Waals surface area contributed by atoms with Gasteiger partial charge in [-0.25, -0.2) is 9.59 Å². The molecule has 0 aliphatic heterocycles. The first kappa shape index (κ1) is 16.0. The van der Waals surface area contributed by atoms with Gasteiger partial charge in [-0.2, -0.15) is 0 Å². The van der Waals surface area contributed by atoms with Crippen LogP contribution in [-0.2, 0) is 25.4 Å². The molecule has 1 aromatic rings. The maximum Gasteiger partial charge on any atom is 0.348 e. The summed E-state index contributed by atoms with van der Waals surface area (Å²) in [4.78, 5) is 35.1. The molecule has 1 aromatic heterocycles. The number of hydrogen-bond acceptors (Lipinski definition) is 8. The largest absolute Gasteiger partial charge is 0.469 e. The smallest absolute Gasteiger partial charge is 0.348 e. The highest BCUT2D eigenvalue weighted by Crippen LogP contribution is 2.33. The normalized spacial score (nSPS) is 9.95. The molecule has 0 amide bonds. The fourth-order valence-corrected chi connectivity index (χ4v) is 2.55. The van der Waals surface area contributed by atoms with Crippen molar-refractivity contribution < 1.29 is 28.6 Å². The minimum Gasteiger partial charge on any atom is -0.469 e. The van der Waals surface area contributed by atoms with E-state index in [9.17, 15) is 14.4 Å². The number of rotatable bonds is 5. The average molecular weight is 301 g/mol. The Morgan fingerprint density at radius 1 is 1.15 bits per heavy atom. The molecule has 7 nitrogen and oxygen atoms in total. The Hall–Kier alpha value is -2.09. The average Bonchev–Trinajstić information content (AvgIpc) is 2.74. The SMILES string of the molecule is CCOC(=O)c1c(N)sc(C(=O)OC)c1CC(=O)OC. The molecule has 0 fully saturated rings. The van der Waals surface area contributed by atoms with Crippen molar-refractivity contribution in [1.82, 2.24) is 0 Å². The lowest BCUT2D eigenvalue weighted by atomic mass is 10.1. The molecular weight excluding hydrogens is 286 g/mol. The Balaban J connectivity index is 3.33. The second-order valence-electron chi connectivity index (χ2n) is 3.61. The molecule has 0 atom stereocenters. The predicted octanol–water partition coefficient (Wildman–Crippen LogP) is 1.01. The number of carbonyl (C=O) groups is 3. The van der Waals surface area contributed by atoms with Gasteiger partial charge in [-0.1, -0.05) is 0 Å². The number of carbonyl (C=O) groups excluding carboxylic acids is 3. The molecule has 110 valence electrons. The highest BCUT2D eigenvalue weighted by Gasteiger charge is 2.28. The van der Waals surface area contributed by atoms with E-state index in [1.54, 1.807) is 6.92 Å². The summed E-state index contributed by atoms with van der Waals surface area (Å²) in [5.74, 6) is -1.95. The van der Waals surface area contributed by atoms with Gasteiger partial charge in [0.1, 0.15) is 9.88 Å². The van der Waals surface area contributed by atoms with Gasteiger partial charge < -0.3 is 19.9 Å². The molecule has 2 N–H and O–H groups in total. The fourth-order valence-electron chi connectivity index (χ4n) is 1.55. The van der Waals surface area contributed by atoms with Gasteiger partial charge in [0.25, 0.3) is 0 Å². The van der Waals surface area contributed by atoms with Gasteiger partial charge in [-0.05, 0) is 6.92 Å². The molecule has 0 aliphatic carbocycles. The van der Waals surface area contributed by atoms with E-state index in [2.05, 4.69) is 9.47 Å². The van der Waals surface area contributed by atoms with Crippen molar-refractivity contribution in [2.24, 2.45) is 0 Å². The van der Waals surface area contributed by atoms with Gasteiger partial charge in [0, 0.05) is 5.56 Å². The molecular formula is C12H15NO6S. The monoisotopic (exact) mass is 301 g/mol. The van der Waals surface area contributed by atoms with Crippen LogP contribution in [0.25, 0.3) is 0 Å². The summed E-state index contributed by atoms with van der Waals surface area (Å²) in [7, 11) is 2.41. The highest BCUT2D eigenvalue weighted by atomic mass is 32.1. The molecule has 20 heavy (non-hydrogen) atoms. The van der Waals surface area contributed by atoms with Crippen molar-refractivity contribution in [3.63, 3.8) is 0 Å². The van der Waals surface area contributed by atoms with E-state index in [4.69, 9.17) is 10.5 Å². The van der Waals surface area contributed by atoms with Crippen LogP contribution in [-0.4, -0.2) is 38.7 Å². The second-order valence-corrected chi connectivity index (χ2v) is 4.67. The Morgan fingerprint density at radius 2 is 1.80 bits per heavy atom. The van der Waals surface area contributed by atoms with Crippen LogP contribution in [0.2, 0.25) is 0 Å². The van der Waals surface area contributed by atoms with Gasteiger partial charge in [0.05, 0.1) is 32.8 Å². The zero-order valence-electron chi connectivity index (χ0n) is 11.3. The summed E-state index contributed by atoms with van der Waals surface area (Å²) in [6.07, 6.45) is -0.261. The van der Waals surface area contributed by atoms with Crippen molar-refractivity contribution in [3.8, 4) is 0 Å². The van der Waals surface area contributed by atoms with Gasteiger partial charge in [0.15, 0.2) is 0 Å². The third-order valence-electron chi connectivity index (χ3n) is 2.43. The van der Waals surface area contributed by atoms with Crippen LogP contribution in [0.4, 0.5) is 5.00 Å². The molecule has 0 aliphatic rings. The number of hydrogen-bond donors (Lipinski definition) is 1. The molecule has 0 bridgehead atoms. The van der Waals surface area contributed by atoms with Gasteiger partial charge >= 0.3 is 17.9 Å². The first-order valence-corrected chi connectivity index (χ1v) is 6.51. The summed E-state index contributed by atoms with van der Waals surface area (Å²) in [5, 5.41) is 0.0998. The van der Waals surface area contributed by atoms with Crippen molar-refractivity contribution >= 4 is 34.2 Å². The number of anilines is 1. The standard InChI is InChI=1S/C12H15NO6S/c1-4-19-11(15)8-6(5-7(14)17-2)9(12(16)18-3)20-10(8)13/h4-5,13H2,1-3H3. The zero-order chi connectivity index (χ0) is 15.3. The molecule has 0 saturated carbocycles. The highest BCUT2D eigenvalue weighted by molar-refractivity contribution is 7.18. The predicted molar refractivity (Wildman–Crippen MR) is 71.7 cm³/mol. The molecule has 1 heterocycles. The topological polar surface area (TPSA) is 105 Å².